The summed E-state index contributed by atoms with van der Waals surface area (Å²) in [5, 5.41) is 9.64. The van der Waals surface area contributed by atoms with Crippen LogP contribution in [0, 0.1) is 5.92 Å². The van der Waals surface area contributed by atoms with Gasteiger partial charge in [-0.1, -0.05) is 33.3 Å². The van der Waals surface area contributed by atoms with Crippen molar-refractivity contribution in [2.75, 3.05) is 18.9 Å². The Bertz CT molecular complexity index is 739. The Balaban J connectivity index is 2.08. The molecule has 134 valence electrons. The standard InChI is InChI=1S/C18H25N5O2/c1-5-7-13-10-16(22-21-13)20-17(24)14-8-6-9-15(19-14)18(25)23(4)11-12(2)3/h6,8-10,12H,5,7,11H2,1-4H3,(H2,20,21,22,24). The van der Waals surface area contributed by atoms with Crippen molar-refractivity contribution in [3.8, 4) is 0 Å². The number of aromatic amines is 1. The lowest BCUT2D eigenvalue weighted by molar-refractivity contribution is 0.0773. The minimum Gasteiger partial charge on any atom is -0.340 e. The predicted octanol–water partition coefficient (Wildman–Crippen LogP) is 2.74. The average Bonchev–Trinajstić information content (AvgIpc) is 3.01. The van der Waals surface area contributed by atoms with E-state index in [0.717, 1.165) is 18.5 Å². The van der Waals surface area contributed by atoms with Crippen LogP contribution in [-0.2, 0) is 6.42 Å². The Labute approximate surface area is 147 Å². The lowest BCUT2D eigenvalue weighted by atomic mass is 10.2. The Morgan fingerprint density at radius 2 is 2.00 bits per heavy atom. The van der Waals surface area contributed by atoms with Crippen LogP contribution in [0.3, 0.4) is 0 Å². The summed E-state index contributed by atoms with van der Waals surface area (Å²) in [5.74, 6) is 0.213. The molecule has 0 spiro atoms. The van der Waals surface area contributed by atoms with Gasteiger partial charge in [-0.25, -0.2) is 4.98 Å². The van der Waals surface area contributed by atoms with Crippen molar-refractivity contribution in [1.82, 2.24) is 20.1 Å². The first kappa shape index (κ1) is 18.6. The summed E-state index contributed by atoms with van der Waals surface area (Å²) in [7, 11) is 1.73. The molecule has 2 amide bonds. The molecule has 0 aliphatic heterocycles. The van der Waals surface area contributed by atoms with Gasteiger partial charge in [0.25, 0.3) is 11.8 Å². The molecule has 25 heavy (non-hydrogen) atoms. The van der Waals surface area contributed by atoms with Crippen molar-refractivity contribution in [2.24, 2.45) is 5.92 Å². The van der Waals surface area contributed by atoms with Gasteiger partial charge in [0.1, 0.15) is 11.4 Å². The van der Waals surface area contributed by atoms with Crippen LogP contribution in [-0.4, -0.2) is 45.5 Å². The predicted molar refractivity (Wildman–Crippen MR) is 96.6 cm³/mol. The van der Waals surface area contributed by atoms with Gasteiger partial charge in [0.2, 0.25) is 0 Å². The fourth-order valence-electron chi connectivity index (χ4n) is 2.51. The highest BCUT2D eigenvalue weighted by Gasteiger charge is 2.17. The summed E-state index contributed by atoms with van der Waals surface area (Å²) < 4.78 is 0. The summed E-state index contributed by atoms with van der Waals surface area (Å²) >= 11 is 0. The molecule has 0 radical (unpaired) electrons. The first-order valence-electron chi connectivity index (χ1n) is 8.48. The van der Waals surface area contributed by atoms with Crippen LogP contribution in [0.2, 0.25) is 0 Å². The number of rotatable bonds is 7. The third kappa shape index (κ3) is 5.14. The number of hydrogen-bond acceptors (Lipinski definition) is 4. The van der Waals surface area contributed by atoms with E-state index in [9.17, 15) is 9.59 Å². The highest BCUT2D eigenvalue weighted by molar-refractivity contribution is 6.03. The Kier molecular flexibility index (Phi) is 6.27. The van der Waals surface area contributed by atoms with Gasteiger partial charge in [0, 0.05) is 25.4 Å². The number of pyridine rings is 1. The molecular formula is C18H25N5O2. The molecule has 2 N–H and O–H groups in total. The second-order valence-electron chi connectivity index (χ2n) is 6.47. The summed E-state index contributed by atoms with van der Waals surface area (Å²) in [5.41, 5.74) is 1.40. The van der Waals surface area contributed by atoms with Crippen LogP contribution in [0.5, 0.6) is 0 Å². The zero-order valence-corrected chi connectivity index (χ0v) is 15.2. The molecule has 0 bridgehead atoms. The van der Waals surface area contributed by atoms with Crippen LogP contribution in [0.1, 0.15) is 53.9 Å². The topological polar surface area (TPSA) is 91.0 Å². The van der Waals surface area contributed by atoms with Crippen LogP contribution in [0.25, 0.3) is 0 Å². The van der Waals surface area contributed by atoms with Crippen molar-refractivity contribution in [3.63, 3.8) is 0 Å². The minimum atomic E-state index is -0.393. The molecule has 2 rings (SSSR count). The number of aromatic nitrogens is 3. The molecule has 0 fully saturated rings. The van der Waals surface area contributed by atoms with Gasteiger partial charge in [-0.2, -0.15) is 5.10 Å². The van der Waals surface area contributed by atoms with Crippen LogP contribution >= 0.6 is 0 Å². The van der Waals surface area contributed by atoms with Gasteiger partial charge in [0.05, 0.1) is 0 Å². The van der Waals surface area contributed by atoms with E-state index in [-0.39, 0.29) is 17.3 Å². The first-order chi connectivity index (χ1) is 11.9. The number of carbonyl (C=O) groups is 2. The smallest absolute Gasteiger partial charge is 0.275 e. The first-order valence-corrected chi connectivity index (χ1v) is 8.48. The molecule has 2 aromatic rings. The van der Waals surface area contributed by atoms with Gasteiger partial charge < -0.3 is 10.2 Å². The van der Waals surface area contributed by atoms with E-state index in [2.05, 4.69) is 27.4 Å². The fraction of sp³-hybridized carbons (Fsp3) is 0.444. The number of nitrogens with zero attached hydrogens (tertiary/aromatic N) is 3. The lowest BCUT2D eigenvalue weighted by Gasteiger charge is -2.19. The van der Waals surface area contributed by atoms with Crippen molar-refractivity contribution >= 4 is 17.6 Å². The zero-order valence-electron chi connectivity index (χ0n) is 15.2. The van der Waals surface area contributed by atoms with Crippen molar-refractivity contribution < 1.29 is 9.59 Å². The van der Waals surface area contributed by atoms with E-state index in [4.69, 9.17) is 0 Å². The molecule has 0 saturated heterocycles. The number of anilines is 1. The third-order valence-corrected chi connectivity index (χ3v) is 3.58. The molecule has 0 atom stereocenters. The van der Waals surface area contributed by atoms with E-state index < -0.39 is 5.91 Å². The molecule has 7 nitrogen and oxygen atoms in total. The second kappa shape index (κ2) is 8.41. The van der Waals surface area contributed by atoms with E-state index in [0.29, 0.717) is 18.3 Å². The number of hydrogen-bond donors (Lipinski definition) is 2. The Morgan fingerprint density at radius 1 is 1.28 bits per heavy atom. The molecular weight excluding hydrogens is 318 g/mol. The van der Waals surface area contributed by atoms with E-state index in [1.54, 1.807) is 36.2 Å². The number of carbonyl (C=O) groups excluding carboxylic acids is 2. The number of nitrogens with one attached hydrogen (secondary N) is 2. The number of amides is 2. The van der Waals surface area contributed by atoms with Gasteiger partial charge >= 0.3 is 0 Å². The highest BCUT2D eigenvalue weighted by Crippen LogP contribution is 2.10. The summed E-state index contributed by atoms with van der Waals surface area (Å²) in [6.45, 7) is 6.78. The third-order valence-electron chi connectivity index (χ3n) is 3.58. The number of aryl methyl sites for hydroxylation is 1. The number of H-pyrrole nitrogens is 1. The van der Waals surface area contributed by atoms with Crippen molar-refractivity contribution in [2.45, 2.75) is 33.6 Å². The van der Waals surface area contributed by atoms with Gasteiger partial charge in [-0.3, -0.25) is 14.7 Å². The van der Waals surface area contributed by atoms with Crippen molar-refractivity contribution in [1.29, 1.82) is 0 Å². The maximum Gasteiger partial charge on any atom is 0.275 e. The maximum atomic E-state index is 12.4. The summed E-state index contributed by atoms with van der Waals surface area (Å²) in [6, 6.07) is 6.65. The molecule has 7 heteroatoms. The zero-order chi connectivity index (χ0) is 18.4. The Morgan fingerprint density at radius 3 is 2.68 bits per heavy atom. The van der Waals surface area contributed by atoms with Gasteiger partial charge in [-0.15, -0.1) is 0 Å². The molecule has 2 heterocycles. The van der Waals surface area contributed by atoms with Crippen LogP contribution in [0.15, 0.2) is 24.3 Å². The van der Waals surface area contributed by atoms with E-state index in [1.165, 1.54) is 0 Å². The second-order valence-corrected chi connectivity index (χ2v) is 6.47. The molecule has 0 aromatic carbocycles. The van der Waals surface area contributed by atoms with Crippen molar-refractivity contribution in [3.05, 3.63) is 41.3 Å². The van der Waals surface area contributed by atoms with E-state index in [1.807, 2.05) is 13.8 Å². The molecule has 0 aliphatic carbocycles. The summed E-state index contributed by atoms with van der Waals surface area (Å²) in [4.78, 5) is 30.6. The fourth-order valence-corrected chi connectivity index (χ4v) is 2.51. The van der Waals surface area contributed by atoms with Gasteiger partial charge in [0.15, 0.2) is 5.82 Å². The molecule has 0 aliphatic rings. The highest BCUT2D eigenvalue weighted by atomic mass is 16.2. The quantitative estimate of drug-likeness (QED) is 0.809. The largest absolute Gasteiger partial charge is 0.340 e. The Hall–Kier alpha value is -2.70. The van der Waals surface area contributed by atoms with E-state index >= 15 is 0 Å². The lowest BCUT2D eigenvalue weighted by Crippen LogP contribution is -2.31. The maximum absolute atomic E-state index is 12.4. The van der Waals surface area contributed by atoms with Crippen LogP contribution in [0.4, 0.5) is 5.82 Å². The monoisotopic (exact) mass is 343 g/mol. The van der Waals surface area contributed by atoms with Gasteiger partial charge in [-0.05, 0) is 24.5 Å². The molecule has 2 aromatic heterocycles. The summed E-state index contributed by atoms with van der Waals surface area (Å²) in [6.07, 6.45) is 1.86. The van der Waals surface area contributed by atoms with Crippen LogP contribution < -0.4 is 5.32 Å². The average molecular weight is 343 g/mol. The normalized spacial score (nSPS) is 10.8. The minimum absolute atomic E-state index is 0.184. The SMILES string of the molecule is CCCc1cc(NC(=O)c2cccc(C(=O)N(C)CC(C)C)n2)n[nH]1. The molecule has 0 unspecified atom stereocenters. The molecule has 0 saturated carbocycles.